The number of carbonyl (C=O) groups excluding carboxylic acids is 1. The summed E-state index contributed by atoms with van der Waals surface area (Å²) in [5.74, 6) is 0.217. The predicted molar refractivity (Wildman–Crippen MR) is 127 cm³/mol. The molecular weight excluding hydrogens is 441 g/mol. The molecule has 3 aromatic rings. The van der Waals surface area contributed by atoms with Gasteiger partial charge in [-0.15, -0.1) is 0 Å². The molecule has 2 aromatic carbocycles. The van der Waals surface area contributed by atoms with Gasteiger partial charge in [0.1, 0.15) is 18.2 Å². The van der Waals surface area contributed by atoms with Crippen molar-refractivity contribution in [2.75, 3.05) is 26.2 Å². The molecular formula is C26H27ClFN3O2. The molecule has 33 heavy (non-hydrogen) atoms. The summed E-state index contributed by atoms with van der Waals surface area (Å²) in [6.45, 7) is 2.87. The maximum absolute atomic E-state index is 13.3. The number of halogens is 2. The summed E-state index contributed by atoms with van der Waals surface area (Å²) in [6, 6.07) is 19.0. The Morgan fingerprint density at radius 1 is 1.12 bits per heavy atom. The first kappa shape index (κ1) is 23.2. The predicted octanol–water partition coefficient (Wildman–Crippen LogP) is 4.87. The molecule has 1 fully saturated rings. The minimum absolute atomic E-state index is 0.0382. The van der Waals surface area contributed by atoms with Gasteiger partial charge >= 0.3 is 0 Å². The van der Waals surface area contributed by atoms with Crippen LogP contribution in [-0.2, 0) is 4.79 Å². The summed E-state index contributed by atoms with van der Waals surface area (Å²) in [4.78, 5) is 19.9. The Kier molecular flexibility index (Phi) is 7.92. The van der Waals surface area contributed by atoms with Crippen molar-refractivity contribution in [1.29, 1.82) is 0 Å². The van der Waals surface area contributed by atoms with Crippen molar-refractivity contribution < 1.29 is 13.9 Å². The summed E-state index contributed by atoms with van der Waals surface area (Å²) in [7, 11) is 0. The van der Waals surface area contributed by atoms with Crippen molar-refractivity contribution in [3.63, 3.8) is 0 Å². The fourth-order valence-corrected chi connectivity index (χ4v) is 4.18. The number of nitrogens with zero attached hydrogens (tertiary/aromatic N) is 2. The molecule has 1 aromatic heterocycles. The summed E-state index contributed by atoms with van der Waals surface area (Å²) < 4.78 is 18.9. The third kappa shape index (κ3) is 6.53. The van der Waals surface area contributed by atoms with E-state index >= 15 is 0 Å². The van der Waals surface area contributed by atoms with Crippen molar-refractivity contribution in [3.8, 4) is 5.75 Å². The molecule has 0 spiro atoms. The number of carbonyl (C=O) groups is 1. The Hall–Kier alpha value is -2.96. The zero-order valence-electron chi connectivity index (χ0n) is 18.3. The van der Waals surface area contributed by atoms with Gasteiger partial charge in [-0.2, -0.15) is 0 Å². The van der Waals surface area contributed by atoms with Crippen molar-refractivity contribution in [2.24, 2.45) is 5.92 Å². The van der Waals surface area contributed by atoms with Gasteiger partial charge in [-0.05, 0) is 67.9 Å². The number of pyridine rings is 1. The number of aromatic nitrogens is 1. The number of nitrogens with one attached hydrogen (secondary N) is 1. The SMILES string of the molecule is O=C(NC(c1ccc(Cl)cc1)c1ccccn1)C1CCN(CCOc2cccc(F)c2)CC1. The third-order valence-corrected chi connectivity index (χ3v) is 6.16. The fourth-order valence-electron chi connectivity index (χ4n) is 4.06. The summed E-state index contributed by atoms with van der Waals surface area (Å²) in [6.07, 6.45) is 3.29. The Balaban J connectivity index is 1.30. The van der Waals surface area contributed by atoms with Crippen LogP contribution in [0, 0.1) is 11.7 Å². The molecule has 4 rings (SSSR count). The van der Waals surface area contributed by atoms with E-state index in [0.717, 1.165) is 43.7 Å². The Bertz CT molecular complexity index is 1040. The molecule has 0 saturated carbocycles. The van der Waals surface area contributed by atoms with E-state index in [1.54, 1.807) is 18.3 Å². The van der Waals surface area contributed by atoms with Crippen molar-refractivity contribution >= 4 is 17.5 Å². The first-order valence-electron chi connectivity index (χ1n) is 11.2. The molecule has 2 heterocycles. The third-order valence-electron chi connectivity index (χ3n) is 5.90. The smallest absolute Gasteiger partial charge is 0.224 e. The molecule has 1 aliphatic rings. The number of benzene rings is 2. The van der Waals surface area contributed by atoms with Crippen LogP contribution in [-0.4, -0.2) is 42.0 Å². The fraction of sp³-hybridized carbons (Fsp3) is 0.308. The first-order valence-corrected chi connectivity index (χ1v) is 11.5. The lowest BCUT2D eigenvalue weighted by Crippen LogP contribution is -2.42. The number of likely N-dealkylation sites (tertiary alicyclic amines) is 1. The van der Waals surface area contributed by atoms with E-state index in [0.29, 0.717) is 17.4 Å². The Morgan fingerprint density at radius 3 is 2.61 bits per heavy atom. The number of amides is 1. The van der Waals surface area contributed by atoms with E-state index < -0.39 is 0 Å². The van der Waals surface area contributed by atoms with E-state index in [-0.39, 0.29) is 23.7 Å². The highest BCUT2D eigenvalue weighted by Gasteiger charge is 2.27. The molecule has 1 amide bonds. The standard InChI is InChI=1S/C26H27ClFN3O2/c27-21-9-7-19(8-10-21)25(24-6-1-2-13-29-24)30-26(32)20-11-14-31(15-12-20)16-17-33-23-5-3-4-22(28)18-23/h1-10,13,18,20,25H,11-12,14-17H2,(H,30,32). The van der Waals surface area contributed by atoms with Gasteiger partial charge < -0.3 is 10.1 Å². The molecule has 1 unspecified atom stereocenters. The van der Waals surface area contributed by atoms with Crippen LogP contribution in [0.25, 0.3) is 0 Å². The topological polar surface area (TPSA) is 54.5 Å². The van der Waals surface area contributed by atoms with E-state index in [9.17, 15) is 9.18 Å². The number of hydrogen-bond donors (Lipinski definition) is 1. The van der Waals surface area contributed by atoms with Gasteiger partial charge in [0, 0.05) is 29.7 Å². The normalized spacial score (nSPS) is 15.7. The maximum atomic E-state index is 13.3. The molecule has 1 aliphatic heterocycles. The highest BCUT2D eigenvalue weighted by molar-refractivity contribution is 6.30. The zero-order chi connectivity index (χ0) is 23.0. The molecule has 7 heteroatoms. The highest BCUT2D eigenvalue weighted by Crippen LogP contribution is 2.25. The summed E-state index contributed by atoms with van der Waals surface area (Å²) in [5.41, 5.74) is 1.73. The average molecular weight is 468 g/mol. The second kappa shape index (κ2) is 11.3. The van der Waals surface area contributed by atoms with Gasteiger partial charge in [-0.1, -0.05) is 35.9 Å². The molecule has 1 N–H and O–H groups in total. The quantitative estimate of drug-likeness (QED) is 0.513. The largest absolute Gasteiger partial charge is 0.492 e. The second-order valence-corrected chi connectivity index (χ2v) is 8.61. The van der Waals surface area contributed by atoms with Crippen LogP contribution in [0.5, 0.6) is 5.75 Å². The summed E-state index contributed by atoms with van der Waals surface area (Å²) >= 11 is 6.05. The zero-order valence-corrected chi connectivity index (χ0v) is 19.0. The lowest BCUT2D eigenvalue weighted by molar-refractivity contribution is -0.127. The van der Waals surface area contributed by atoms with Gasteiger partial charge in [0.05, 0.1) is 11.7 Å². The lowest BCUT2D eigenvalue weighted by Gasteiger charge is -2.32. The van der Waals surface area contributed by atoms with Crippen molar-refractivity contribution in [3.05, 3.63) is 95.0 Å². The van der Waals surface area contributed by atoms with Crippen LogP contribution >= 0.6 is 11.6 Å². The second-order valence-electron chi connectivity index (χ2n) is 8.17. The minimum Gasteiger partial charge on any atom is -0.492 e. The molecule has 0 bridgehead atoms. The van der Waals surface area contributed by atoms with E-state index in [2.05, 4.69) is 15.2 Å². The van der Waals surface area contributed by atoms with Crippen LogP contribution in [0.2, 0.25) is 5.02 Å². The number of rotatable bonds is 8. The lowest BCUT2D eigenvalue weighted by atomic mass is 9.94. The van der Waals surface area contributed by atoms with Crippen molar-refractivity contribution in [1.82, 2.24) is 15.2 Å². The van der Waals surface area contributed by atoms with Gasteiger partial charge in [0.15, 0.2) is 0 Å². The average Bonchev–Trinajstić information content (AvgIpc) is 2.84. The van der Waals surface area contributed by atoms with Crippen molar-refractivity contribution in [2.45, 2.75) is 18.9 Å². The van der Waals surface area contributed by atoms with Gasteiger partial charge in [0.2, 0.25) is 5.91 Å². The number of piperidine rings is 1. The van der Waals surface area contributed by atoms with E-state index in [1.165, 1.54) is 12.1 Å². The van der Waals surface area contributed by atoms with Crippen LogP contribution < -0.4 is 10.1 Å². The number of ether oxygens (including phenoxy) is 1. The summed E-state index contributed by atoms with van der Waals surface area (Å²) in [5, 5.41) is 3.85. The molecule has 5 nitrogen and oxygen atoms in total. The monoisotopic (exact) mass is 467 g/mol. The van der Waals surface area contributed by atoms with Crippen LogP contribution in [0.1, 0.15) is 30.1 Å². The van der Waals surface area contributed by atoms with Crippen LogP contribution in [0.4, 0.5) is 4.39 Å². The molecule has 0 aliphatic carbocycles. The Labute approximate surface area is 198 Å². The van der Waals surface area contributed by atoms with Gasteiger partial charge in [0.25, 0.3) is 0 Å². The minimum atomic E-state index is -0.325. The molecule has 172 valence electrons. The van der Waals surface area contributed by atoms with Crippen LogP contribution in [0.15, 0.2) is 72.9 Å². The maximum Gasteiger partial charge on any atom is 0.224 e. The molecule has 0 radical (unpaired) electrons. The van der Waals surface area contributed by atoms with E-state index in [1.807, 2.05) is 42.5 Å². The Morgan fingerprint density at radius 2 is 1.91 bits per heavy atom. The number of hydrogen-bond acceptors (Lipinski definition) is 4. The molecule has 1 atom stereocenters. The first-order chi connectivity index (χ1) is 16.1. The highest BCUT2D eigenvalue weighted by atomic mass is 35.5. The van der Waals surface area contributed by atoms with Gasteiger partial charge in [-0.25, -0.2) is 4.39 Å². The van der Waals surface area contributed by atoms with Gasteiger partial charge in [-0.3, -0.25) is 14.7 Å². The van der Waals surface area contributed by atoms with Crippen LogP contribution in [0.3, 0.4) is 0 Å². The van der Waals surface area contributed by atoms with E-state index in [4.69, 9.17) is 16.3 Å². The molecule has 1 saturated heterocycles.